The van der Waals surface area contributed by atoms with Gasteiger partial charge in [0.1, 0.15) is 0 Å². The quantitative estimate of drug-likeness (QED) is 0.548. The van der Waals surface area contributed by atoms with Crippen LogP contribution in [-0.4, -0.2) is 26.3 Å². The van der Waals surface area contributed by atoms with Crippen LogP contribution in [0.1, 0.15) is 22.8 Å². The van der Waals surface area contributed by atoms with Crippen molar-refractivity contribution in [2.24, 2.45) is 0 Å². The van der Waals surface area contributed by atoms with Gasteiger partial charge < -0.3 is 9.47 Å². The highest BCUT2D eigenvalue weighted by Crippen LogP contribution is 2.09. The van der Waals surface area contributed by atoms with Crippen LogP contribution in [0.3, 0.4) is 0 Å². The highest BCUT2D eigenvalue weighted by Gasteiger charge is 2.06. The van der Waals surface area contributed by atoms with Crippen molar-refractivity contribution in [1.29, 1.82) is 0 Å². The Morgan fingerprint density at radius 1 is 1.20 bits per heavy atom. The normalized spacial score (nSPS) is 10.7. The Balaban J connectivity index is 2.67. The van der Waals surface area contributed by atoms with Gasteiger partial charge in [0.2, 0.25) is 0 Å². The van der Waals surface area contributed by atoms with Crippen molar-refractivity contribution in [3.8, 4) is 0 Å². The molecule has 3 heteroatoms. The zero-order valence-corrected chi connectivity index (χ0v) is 9.32. The minimum absolute atomic E-state index is 0.0802. The number of rotatable bonds is 5. The Morgan fingerprint density at radius 3 is 2.13 bits per heavy atom. The molecule has 0 radical (unpaired) electrons. The van der Waals surface area contributed by atoms with Crippen molar-refractivity contribution in [3.63, 3.8) is 0 Å². The molecule has 0 spiro atoms. The van der Waals surface area contributed by atoms with E-state index in [-0.39, 0.29) is 12.1 Å². The molecule has 0 unspecified atom stereocenters. The number of methoxy groups -OCH3 is 2. The summed E-state index contributed by atoms with van der Waals surface area (Å²) in [6.45, 7) is 1.56. The van der Waals surface area contributed by atoms with Crippen LogP contribution in [0.2, 0.25) is 0 Å². The van der Waals surface area contributed by atoms with Crippen molar-refractivity contribution < 1.29 is 14.3 Å². The Morgan fingerprint density at radius 2 is 1.73 bits per heavy atom. The van der Waals surface area contributed by atoms with Gasteiger partial charge in [-0.1, -0.05) is 24.3 Å². The van der Waals surface area contributed by atoms with E-state index in [4.69, 9.17) is 9.47 Å². The number of hydrogen-bond acceptors (Lipinski definition) is 3. The zero-order valence-electron chi connectivity index (χ0n) is 9.32. The maximum absolute atomic E-state index is 11.0. The van der Waals surface area contributed by atoms with Gasteiger partial charge in [-0.2, -0.15) is 0 Å². The van der Waals surface area contributed by atoms with E-state index in [9.17, 15) is 4.79 Å². The standard InChI is InChI=1S/C12H16O3/c1-9(13)11-6-4-10(5-7-11)8-12(14-2)15-3/h4-7,12H,8H2,1-3H3. The van der Waals surface area contributed by atoms with Crippen LogP contribution in [0.5, 0.6) is 0 Å². The number of benzene rings is 1. The molecule has 0 bridgehead atoms. The molecule has 0 saturated heterocycles. The molecule has 0 aliphatic rings. The van der Waals surface area contributed by atoms with Gasteiger partial charge in [-0.3, -0.25) is 4.79 Å². The minimum atomic E-state index is -0.229. The molecule has 0 heterocycles. The minimum Gasteiger partial charge on any atom is -0.356 e. The SMILES string of the molecule is COC(Cc1ccc(C(C)=O)cc1)OC. The molecule has 1 aromatic rings. The van der Waals surface area contributed by atoms with Crippen molar-refractivity contribution in [2.75, 3.05) is 14.2 Å². The van der Waals surface area contributed by atoms with Gasteiger partial charge in [0.15, 0.2) is 12.1 Å². The zero-order chi connectivity index (χ0) is 11.3. The Kier molecular flexibility index (Phi) is 4.46. The first-order valence-electron chi connectivity index (χ1n) is 4.83. The Hall–Kier alpha value is -1.19. The average molecular weight is 208 g/mol. The summed E-state index contributed by atoms with van der Waals surface area (Å²) in [5.74, 6) is 0.0802. The lowest BCUT2D eigenvalue weighted by molar-refractivity contribution is -0.100. The molecule has 0 amide bonds. The summed E-state index contributed by atoms with van der Waals surface area (Å²) in [5, 5.41) is 0. The second kappa shape index (κ2) is 5.63. The molecule has 0 aromatic heterocycles. The van der Waals surface area contributed by atoms with Crippen molar-refractivity contribution in [1.82, 2.24) is 0 Å². The van der Waals surface area contributed by atoms with E-state index >= 15 is 0 Å². The summed E-state index contributed by atoms with van der Waals surface area (Å²) in [6, 6.07) is 7.48. The lowest BCUT2D eigenvalue weighted by atomic mass is 10.1. The summed E-state index contributed by atoms with van der Waals surface area (Å²) in [5.41, 5.74) is 1.82. The summed E-state index contributed by atoms with van der Waals surface area (Å²) >= 11 is 0. The molecule has 1 aromatic carbocycles. The maximum Gasteiger partial charge on any atom is 0.160 e. The third-order valence-corrected chi connectivity index (χ3v) is 2.29. The molecule has 0 atom stereocenters. The van der Waals surface area contributed by atoms with Crippen LogP contribution in [0.15, 0.2) is 24.3 Å². The van der Waals surface area contributed by atoms with E-state index in [1.54, 1.807) is 21.1 Å². The molecule has 82 valence electrons. The molecule has 3 nitrogen and oxygen atoms in total. The largest absolute Gasteiger partial charge is 0.356 e. The molecule has 1 rings (SSSR count). The number of carbonyl (C=O) groups excluding carboxylic acids is 1. The van der Waals surface area contributed by atoms with E-state index in [2.05, 4.69) is 0 Å². The van der Waals surface area contributed by atoms with Crippen molar-refractivity contribution >= 4 is 5.78 Å². The maximum atomic E-state index is 11.0. The van der Waals surface area contributed by atoms with Gasteiger partial charge in [-0.25, -0.2) is 0 Å². The monoisotopic (exact) mass is 208 g/mol. The number of ether oxygens (including phenoxy) is 2. The summed E-state index contributed by atoms with van der Waals surface area (Å²) in [7, 11) is 3.22. The summed E-state index contributed by atoms with van der Waals surface area (Å²) < 4.78 is 10.2. The number of Topliss-reactive ketones (excluding diaryl/α,β-unsaturated/α-hetero) is 1. The number of hydrogen-bond donors (Lipinski definition) is 0. The number of ketones is 1. The van der Waals surface area contributed by atoms with E-state index in [1.807, 2.05) is 24.3 Å². The molecule has 0 aliphatic heterocycles. The van der Waals surface area contributed by atoms with Gasteiger partial charge in [0, 0.05) is 26.2 Å². The van der Waals surface area contributed by atoms with Crippen LogP contribution in [0.25, 0.3) is 0 Å². The van der Waals surface area contributed by atoms with Crippen molar-refractivity contribution in [3.05, 3.63) is 35.4 Å². The first-order chi connectivity index (χ1) is 7.17. The summed E-state index contributed by atoms with van der Waals surface area (Å²) in [4.78, 5) is 11.0. The fraction of sp³-hybridized carbons (Fsp3) is 0.417. The third-order valence-electron chi connectivity index (χ3n) is 2.29. The smallest absolute Gasteiger partial charge is 0.160 e. The van der Waals surface area contributed by atoms with Gasteiger partial charge in [0.25, 0.3) is 0 Å². The van der Waals surface area contributed by atoms with E-state index in [1.165, 1.54) is 0 Å². The topological polar surface area (TPSA) is 35.5 Å². The molecule has 15 heavy (non-hydrogen) atoms. The first-order valence-corrected chi connectivity index (χ1v) is 4.83. The Bertz CT molecular complexity index is 312. The molecule has 0 N–H and O–H groups in total. The molecule has 0 fully saturated rings. The van der Waals surface area contributed by atoms with Crippen LogP contribution in [0, 0.1) is 0 Å². The molecular weight excluding hydrogens is 192 g/mol. The van der Waals surface area contributed by atoms with E-state index in [0.717, 1.165) is 11.1 Å². The van der Waals surface area contributed by atoms with Crippen LogP contribution in [0.4, 0.5) is 0 Å². The first kappa shape index (κ1) is 11.9. The second-order valence-corrected chi connectivity index (χ2v) is 3.36. The molecular formula is C12H16O3. The lowest BCUT2D eigenvalue weighted by Gasteiger charge is -2.13. The fourth-order valence-electron chi connectivity index (χ4n) is 1.33. The average Bonchev–Trinajstić information content (AvgIpc) is 2.26. The number of carbonyl (C=O) groups is 1. The second-order valence-electron chi connectivity index (χ2n) is 3.36. The molecule has 0 aliphatic carbocycles. The Labute approximate surface area is 90.0 Å². The highest BCUT2D eigenvalue weighted by molar-refractivity contribution is 5.93. The molecule has 0 saturated carbocycles. The fourth-order valence-corrected chi connectivity index (χ4v) is 1.33. The highest BCUT2D eigenvalue weighted by atomic mass is 16.7. The van der Waals surface area contributed by atoms with Crippen molar-refractivity contribution in [2.45, 2.75) is 19.6 Å². The predicted molar refractivity (Wildman–Crippen MR) is 58.0 cm³/mol. The third kappa shape index (κ3) is 3.46. The van der Waals surface area contributed by atoms with Crippen LogP contribution < -0.4 is 0 Å². The van der Waals surface area contributed by atoms with E-state index in [0.29, 0.717) is 6.42 Å². The van der Waals surface area contributed by atoms with Crippen LogP contribution >= 0.6 is 0 Å². The predicted octanol–water partition coefficient (Wildman–Crippen LogP) is 2.05. The summed E-state index contributed by atoms with van der Waals surface area (Å²) in [6.07, 6.45) is 0.457. The van der Waals surface area contributed by atoms with E-state index < -0.39 is 0 Å². The van der Waals surface area contributed by atoms with Gasteiger partial charge in [0.05, 0.1) is 0 Å². The van der Waals surface area contributed by atoms with Gasteiger partial charge in [-0.15, -0.1) is 0 Å². The van der Waals surface area contributed by atoms with Crippen LogP contribution in [-0.2, 0) is 15.9 Å². The lowest BCUT2D eigenvalue weighted by Crippen LogP contribution is -2.16. The van der Waals surface area contributed by atoms with Gasteiger partial charge >= 0.3 is 0 Å². The van der Waals surface area contributed by atoms with Gasteiger partial charge in [-0.05, 0) is 12.5 Å².